The summed E-state index contributed by atoms with van der Waals surface area (Å²) in [4.78, 5) is 15.1. The first-order valence-corrected chi connectivity index (χ1v) is 8.94. The Morgan fingerprint density at radius 3 is 2.55 bits per heavy atom. The van der Waals surface area contributed by atoms with Crippen LogP contribution in [0.3, 0.4) is 0 Å². The lowest BCUT2D eigenvalue weighted by molar-refractivity contribution is -0.179. The zero-order chi connectivity index (χ0) is 16.5. The molecule has 1 aliphatic heterocycles. The lowest BCUT2D eigenvalue weighted by Crippen LogP contribution is -2.76. The van der Waals surface area contributed by atoms with Gasteiger partial charge in [-0.05, 0) is 38.0 Å². The smallest absolute Gasteiger partial charge is 0.243 e. The van der Waals surface area contributed by atoms with E-state index < -0.39 is 5.54 Å². The molecule has 0 aromatic heterocycles. The van der Waals surface area contributed by atoms with Gasteiger partial charge >= 0.3 is 0 Å². The summed E-state index contributed by atoms with van der Waals surface area (Å²) < 4.78 is 5.75. The summed E-state index contributed by atoms with van der Waals surface area (Å²) in [7, 11) is 0. The molecule has 1 saturated carbocycles. The molecule has 0 spiro atoms. The third kappa shape index (κ3) is 2.92. The highest BCUT2D eigenvalue weighted by Gasteiger charge is 2.63. The maximum atomic E-state index is 13.0. The molecule has 2 N–H and O–H groups in total. The Balaban J connectivity index is 2.02. The van der Waals surface area contributed by atoms with E-state index in [1.807, 2.05) is 11.8 Å². The van der Waals surface area contributed by atoms with Crippen molar-refractivity contribution in [1.82, 2.24) is 4.90 Å². The van der Waals surface area contributed by atoms with Crippen molar-refractivity contribution in [1.29, 1.82) is 0 Å². The summed E-state index contributed by atoms with van der Waals surface area (Å²) >= 11 is 0. The number of carbonyl (C=O) groups is 1. The van der Waals surface area contributed by atoms with Gasteiger partial charge in [0.1, 0.15) is 5.54 Å². The molecule has 0 aromatic carbocycles. The molecule has 3 unspecified atom stereocenters. The quantitative estimate of drug-likeness (QED) is 0.868. The SMILES string of the molecule is CCOC1CC(N)(C(=O)N2CCCC(C(C)C)CC2)C1(C)C. The lowest BCUT2D eigenvalue weighted by Gasteiger charge is -2.58. The zero-order valence-corrected chi connectivity index (χ0v) is 15.0. The average molecular weight is 310 g/mol. The first-order chi connectivity index (χ1) is 10.2. The minimum Gasteiger partial charge on any atom is -0.378 e. The highest BCUT2D eigenvalue weighted by Crippen LogP contribution is 2.50. The molecule has 4 nitrogen and oxygen atoms in total. The Labute approximate surface area is 135 Å². The van der Waals surface area contributed by atoms with Gasteiger partial charge in [-0.2, -0.15) is 0 Å². The third-order valence-electron chi connectivity index (χ3n) is 6.21. The average Bonchev–Trinajstić information content (AvgIpc) is 2.72. The van der Waals surface area contributed by atoms with Crippen LogP contribution >= 0.6 is 0 Å². The fourth-order valence-corrected chi connectivity index (χ4v) is 4.07. The molecule has 2 rings (SSSR count). The molecule has 1 saturated heterocycles. The normalized spacial score (nSPS) is 35.1. The summed E-state index contributed by atoms with van der Waals surface area (Å²) in [6.45, 7) is 13.1. The zero-order valence-electron chi connectivity index (χ0n) is 15.0. The second kappa shape index (κ2) is 6.48. The number of hydrogen-bond acceptors (Lipinski definition) is 3. The summed E-state index contributed by atoms with van der Waals surface area (Å²) in [6, 6.07) is 0. The van der Waals surface area contributed by atoms with Crippen LogP contribution in [-0.2, 0) is 9.53 Å². The molecule has 4 heteroatoms. The highest BCUT2D eigenvalue weighted by molar-refractivity contribution is 5.89. The van der Waals surface area contributed by atoms with Crippen LogP contribution in [0, 0.1) is 17.3 Å². The Morgan fingerprint density at radius 1 is 1.32 bits per heavy atom. The first kappa shape index (κ1) is 17.7. The van der Waals surface area contributed by atoms with Crippen molar-refractivity contribution in [3.05, 3.63) is 0 Å². The van der Waals surface area contributed by atoms with Gasteiger partial charge in [0.05, 0.1) is 6.10 Å². The van der Waals surface area contributed by atoms with Gasteiger partial charge in [-0.1, -0.05) is 27.7 Å². The molecule has 2 fully saturated rings. The number of carbonyl (C=O) groups excluding carboxylic acids is 1. The van der Waals surface area contributed by atoms with E-state index in [2.05, 4.69) is 27.7 Å². The van der Waals surface area contributed by atoms with Crippen LogP contribution in [-0.4, -0.2) is 42.1 Å². The Bertz CT molecular complexity index is 408. The van der Waals surface area contributed by atoms with Gasteiger partial charge in [-0.3, -0.25) is 4.79 Å². The van der Waals surface area contributed by atoms with Crippen LogP contribution in [0.25, 0.3) is 0 Å². The number of nitrogens with two attached hydrogens (primary N) is 1. The van der Waals surface area contributed by atoms with Gasteiger partial charge in [-0.15, -0.1) is 0 Å². The van der Waals surface area contributed by atoms with Crippen LogP contribution in [0.1, 0.15) is 60.3 Å². The monoisotopic (exact) mass is 310 g/mol. The molecule has 2 aliphatic rings. The third-order valence-corrected chi connectivity index (χ3v) is 6.21. The molecular formula is C18H34N2O2. The van der Waals surface area contributed by atoms with Gasteiger partial charge in [0.25, 0.3) is 0 Å². The Morgan fingerprint density at radius 2 is 2.00 bits per heavy atom. The molecule has 1 aliphatic carbocycles. The largest absolute Gasteiger partial charge is 0.378 e. The van der Waals surface area contributed by atoms with Gasteiger partial charge in [-0.25, -0.2) is 0 Å². The number of amides is 1. The standard InChI is InChI=1S/C18H34N2O2/c1-6-22-15-12-18(19,17(15,4)5)16(21)20-10-7-8-14(9-11-20)13(2)3/h13-15H,6-12,19H2,1-5H3. The fourth-order valence-electron chi connectivity index (χ4n) is 4.07. The number of likely N-dealkylation sites (tertiary alicyclic amines) is 1. The van der Waals surface area contributed by atoms with Crippen molar-refractivity contribution in [2.24, 2.45) is 23.0 Å². The van der Waals surface area contributed by atoms with E-state index >= 15 is 0 Å². The molecule has 0 aromatic rings. The maximum Gasteiger partial charge on any atom is 0.243 e. The summed E-state index contributed by atoms with van der Waals surface area (Å²) in [6.07, 6.45) is 4.18. The molecular weight excluding hydrogens is 276 g/mol. The van der Waals surface area contributed by atoms with Crippen molar-refractivity contribution >= 4 is 5.91 Å². The van der Waals surface area contributed by atoms with Crippen LogP contribution in [0.4, 0.5) is 0 Å². The van der Waals surface area contributed by atoms with Crippen molar-refractivity contribution in [2.75, 3.05) is 19.7 Å². The lowest BCUT2D eigenvalue weighted by atomic mass is 9.54. The topological polar surface area (TPSA) is 55.6 Å². The van der Waals surface area contributed by atoms with Gasteiger partial charge in [0.15, 0.2) is 0 Å². The van der Waals surface area contributed by atoms with Crippen molar-refractivity contribution < 1.29 is 9.53 Å². The van der Waals surface area contributed by atoms with E-state index in [4.69, 9.17) is 10.5 Å². The molecule has 1 heterocycles. The second-order valence-electron chi connectivity index (χ2n) is 8.07. The van der Waals surface area contributed by atoms with E-state index in [-0.39, 0.29) is 17.4 Å². The van der Waals surface area contributed by atoms with Crippen LogP contribution < -0.4 is 5.73 Å². The van der Waals surface area contributed by atoms with E-state index in [1.165, 1.54) is 6.42 Å². The minimum absolute atomic E-state index is 0.0989. The summed E-state index contributed by atoms with van der Waals surface area (Å²) in [5, 5.41) is 0. The molecule has 0 radical (unpaired) electrons. The van der Waals surface area contributed by atoms with E-state index in [0.717, 1.165) is 31.8 Å². The molecule has 0 bridgehead atoms. The van der Waals surface area contributed by atoms with Crippen LogP contribution in [0.5, 0.6) is 0 Å². The predicted molar refractivity (Wildman–Crippen MR) is 89.5 cm³/mol. The van der Waals surface area contributed by atoms with E-state index in [0.29, 0.717) is 18.9 Å². The highest BCUT2D eigenvalue weighted by atomic mass is 16.5. The van der Waals surface area contributed by atoms with E-state index in [1.54, 1.807) is 0 Å². The van der Waals surface area contributed by atoms with Crippen molar-refractivity contribution in [2.45, 2.75) is 71.9 Å². The molecule has 1 amide bonds. The Hall–Kier alpha value is -0.610. The maximum absolute atomic E-state index is 13.0. The molecule has 3 atom stereocenters. The predicted octanol–water partition coefficient (Wildman–Crippen LogP) is 2.80. The summed E-state index contributed by atoms with van der Waals surface area (Å²) in [5.74, 6) is 1.57. The number of rotatable bonds is 4. The Kier molecular flexibility index (Phi) is 5.23. The van der Waals surface area contributed by atoms with Crippen LogP contribution in [0.2, 0.25) is 0 Å². The second-order valence-corrected chi connectivity index (χ2v) is 8.07. The first-order valence-electron chi connectivity index (χ1n) is 8.94. The number of ether oxygens (including phenoxy) is 1. The minimum atomic E-state index is -0.759. The van der Waals surface area contributed by atoms with Gasteiger partial charge in [0, 0.05) is 31.5 Å². The molecule has 22 heavy (non-hydrogen) atoms. The summed E-state index contributed by atoms with van der Waals surface area (Å²) in [5.41, 5.74) is 5.50. The van der Waals surface area contributed by atoms with Crippen molar-refractivity contribution in [3.8, 4) is 0 Å². The van der Waals surface area contributed by atoms with Gasteiger partial charge in [0.2, 0.25) is 5.91 Å². The van der Waals surface area contributed by atoms with Crippen LogP contribution in [0.15, 0.2) is 0 Å². The number of nitrogens with zero attached hydrogens (tertiary/aromatic N) is 1. The van der Waals surface area contributed by atoms with E-state index in [9.17, 15) is 4.79 Å². The molecule has 128 valence electrons. The van der Waals surface area contributed by atoms with Crippen molar-refractivity contribution in [3.63, 3.8) is 0 Å². The van der Waals surface area contributed by atoms with Gasteiger partial charge < -0.3 is 15.4 Å². The number of hydrogen-bond donors (Lipinski definition) is 1. The fraction of sp³-hybridized carbons (Fsp3) is 0.944.